The van der Waals surface area contributed by atoms with Gasteiger partial charge in [-0.1, -0.05) is 48.3 Å². The maximum absolute atomic E-state index is 14.2. The van der Waals surface area contributed by atoms with Crippen LogP contribution in [0.1, 0.15) is 43.4 Å². The van der Waals surface area contributed by atoms with Crippen molar-refractivity contribution in [2.75, 3.05) is 5.43 Å². The average Bonchev–Trinajstić information content (AvgIpc) is 3.18. The molecule has 1 amide bonds. The number of carbonyl (C=O) groups is 1. The summed E-state index contributed by atoms with van der Waals surface area (Å²) in [6.07, 6.45) is -10.8. The van der Waals surface area contributed by atoms with Crippen LogP contribution in [0.5, 0.6) is 0 Å². The number of anilines is 1. The highest BCUT2D eigenvalue weighted by Gasteiger charge is 2.62. The number of hydrogen-bond acceptors (Lipinski definition) is 4. The highest BCUT2D eigenvalue weighted by Crippen LogP contribution is 2.50. The second-order valence-electron chi connectivity index (χ2n) is 8.32. The molecule has 13 heteroatoms. The zero-order chi connectivity index (χ0) is 26.2. The lowest BCUT2D eigenvalue weighted by atomic mass is 9.85. The van der Waals surface area contributed by atoms with Crippen LogP contribution in [0.4, 0.5) is 32.0 Å². The summed E-state index contributed by atoms with van der Waals surface area (Å²) in [7, 11) is 0. The van der Waals surface area contributed by atoms with Crippen LogP contribution < -0.4 is 10.9 Å². The second kappa shape index (κ2) is 9.77. The molecule has 5 nitrogen and oxygen atoms in total. The smallest absolute Gasteiger partial charge is 0.374 e. The number of alkyl halides is 6. The van der Waals surface area contributed by atoms with Crippen LogP contribution in [0.2, 0.25) is 10.0 Å². The summed E-state index contributed by atoms with van der Waals surface area (Å²) in [5.74, 6) is -0.246. The van der Waals surface area contributed by atoms with Crippen LogP contribution in [-0.2, 0) is 21.4 Å². The minimum Gasteiger partial charge on any atom is -0.374 e. The highest BCUT2D eigenvalue weighted by molar-refractivity contribution is 6.33. The third kappa shape index (κ3) is 5.95. The second-order valence-corrected chi connectivity index (χ2v) is 9.17. The summed E-state index contributed by atoms with van der Waals surface area (Å²) in [6.45, 7) is 3.69. The molecule has 3 rings (SSSR count). The van der Waals surface area contributed by atoms with Gasteiger partial charge in [0.1, 0.15) is 0 Å². The number of hydrazine groups is 1. The summed E-state index contributed by atoms with van der Waals surface area (Å²) >= 11 is 11.8. The Hall–Kier alpha value is -2.66. The SMILES string of the molecule is CC(C)CC(=O)NNc1cc(C2=NOC(c3cc(Cl)cc(C(F)(F)F)c3)(C(F)(F)F)C2)ccc1Cl. The number of carbonyl (C=O) groups excluding carboxylic acids is 1. The van der Waals surface area contributed by atoms with Gasteiger partial charge in [-0.2, -0.15) is 26.3 Å². The summed E-state index contributed by atoms with van der Waals surface area (Å²) in [4.78, 5) is 16.7. The van der Waals surface area contributed by atoms with Crippen molar-refractivity contribution in [3.63, 3.8) is 0 Å². The lowest BCUT2D eigenvalue weighted by molar-refractivity contribution is -0.276. The largest absolute Gasteiger partial charge is 0.435 e. The van der Waals surface area contributed by atoms with E-state index in [-0.39, 0.29) is 40.2 Å². The van der Waals surface area contributed by atoms with E-state index < -0.39 is 40.5 Å². The van der Waals surface area contributed by atoms with Crippen LogP contribution in [0.25, 0.3) is 0 Å². The van der Waals surface area contributed by atoms with Gasteiger partial charge in [0.15, 0.2) is 0 Å². The van der Waals surface area contributed by atoms with Crippen LogP contribution >= 0.6 is 23.2 Å². The molecule has 0 spiro atoms. The molecule has 0 aliphatic carbocycles. The van der Waals surface area contributed by atoms with Gasteiger partial charge in [0.25, 0.3) is 5.60 Å². The van der Waals surface area contributed by atoms with Gasteiger partial charge >= 0.3 is 12.4 Å². The molecule has 2 N–H and O–H groups in total. The van der Waals surface area contributed by atoms with E-state index in [1.807, 2.05) is 13.8 Å². The van der Waals surface area contributed by atoms with Gasteiger partial charge in [-0.25, -0.2) is 0 Å². The van der Waals surface area contributed by atoms with Crippen molar-refractivity contribution < 1.29 is 36.0 Å². The molecule has 1 aliphatic rings. The van der Waals surface area contributed by atoms with Crippen molar-refractivity contribution >= 4 is 40.5 Å². The molecule has 190 valence electrons. The van der Waals surface area contributed by atoms with Crippen LogP contribution in [0.15, 0.2) is 41.6 Å². The maximum Gasteiger partial charge on any atom is 0.435 e. The number of hydrogen-bond donors (Lipinski definition) is 2. The molecular formula is C22H19Cl2F6N3O2. The van der Waals surface area contributed by atoms with E-state index in [0.717, 1.165) is 6.07 Å². The van der Waals surface area contributed by atoms with E-state index in [1.165, 1.54) is 18.2 Å². The number of amides is 1. The van der Waals surface area contributed by atoms with E-state index in [4.69, 9.17) is 28.0 Å². The Kier molecular flexibility index (Phi) is 7.52. The Morgan fingerprint density at radius 1 is 1.11 bits per heavy atom. The van der Waals surface area contributed by atoms with E-state index in [9.17, 15) is 31.1 Å². The summed E-state index contributed by atoms with van der Waals surface area (Å²) in [5, 5.41) is 3.16. The van der Waals surface area contributed by atoms with Crippen molar-refractivity contribution in [3.05, 3.63) is 63.1 Å². The summed E-state index contributed by atoms with van der Waals surface area (Å²) < 4.78 is 82.3. The van der Waals surface area contributed by atoms with Gasteiger partial charge in [0.2, 0.25) is 5.91 Å². The fourth-order valence-corrected chi connectivity index (χ4v) is 3.80. The fourth-order valence-electron chi connectivity index (χ4n) is 3.40. The molecule has 0 saturated carbocycles. The number of rotatable bonds is 6. The molecule has 1 heterocycles. The number of nitrogens with one attached hydrogen (secondary N) is 2. The van der Waals surface area contributed by atoms with Crippen molar-refractivity contribution in [1.29, 1.82) is 0 Å². The third-order valence-electron chi connectivity index (χ3n) is 5.11. The van der Waals surface area contributed by atoms with Crippen molar-refractivity contribution in [2.24, 2.45) is 11.1 Å². The predicted octanol–water partition coefficient (Wildman–Crippen LogP) is 7.08. The number of halogens is 8. The molecule has 0 fully saturated rings. The molecule has 1 aliphatic heterocycles. The minimum absolute atomic E-state index is 0.0865. The zero-order valence-corrected chi connectivity index (χ0v) is 19.8. The molecule has 0 radical (unpaired) electrons. The normalized spacial score (nSPS) is 18.3. The van der Waals surface area contributed by atoms with Gasteiger partial charge in [-0.3, -0.25) is 15.6 Å². The molecule has 1 atom stereocenters. The van der Waals surface area contributed by atoms with E-state index >= 15 is 0 Å². The quantitative estimate of drug-likeness (QED) is 0.303. The minimum atomic E-state index is -5.13. The molecule has 2 aromatic rings. The van der Waals surface area contributed by atoms with Crippen molar-refractivity contribution in [1.82, 2.24) is 5.43 Å². The van der Waals surface area contributed by atoms with Crippen LogP contribution in [-0.4, -0.2) is 17.8 Å². The zero-order valence-electron chi connectivity index (χ0n) is 18.2. The lowest BCUT2D eigenvalue weighted by Gasteiger charge is -2.30. The van der Waals surface area contributed by atoms with E-state index in [0.29, 0.717) is 12.1 Å². The predicted molar refractivity (Wildman–Crippen MR) is 119 cm³/mol. The molecule has 35 heavy (non-hydrogen) atoms. The molecule has 1 unspecified atom stereocenters. The van der Waals surface area contributed by atoms with Gasteiger partial charge < -0.3 is 4.84 Å². The van der Waals surface area contributed by atoms with Gasteiger partial charge in [0.05, 0.1) is 22.0 Å². The van der Waals surface area contributed by atoms with Gasteiger partial charge in [0, 0.05) is 29.0 Å². The molecule has 0 bridgehead atoms. The highest BCUT2D eigenvalue weighted by atomic mass is 35.5. The van der Waals surface area contributed by atoms with Gasteiger partial charge in [-0.15, -0.1) is 0 Å². The van der Waals surface area contributed by atoms with Crippen LogP contribution in [0.3, 0.4) is 0 Å². The average molecular weight is 542 g/mol. The van der Waals surface area contributed by atoms with E-state index in [1.54, 1.807) is 0 Å². The first-order chi connectivity index (χ1) is 16.1. The lowest BCUT2D eigenvalue weighted by Crippen LogP contribution is -2.43. The fraction of sp³-hybridized carbons (Fsp3) is 0.364. The maximum atomic E-state index is 14.2. The first-order valence-corrected chi connectivity index (χ1v) is 10.9. The number of oxime groups is 1. The standard InChI is InChI=1S/C22H19Cl2F6N3O2/c1-11(2)5-19(34)32-31-17-6-12(3-4-16(17)24)18-10-20(35-33-18,22(28,29)30)13-7-14(21(25,26)27)9-15(23)8-13/h3-4,6-9,11,31H,5,10H2,1-2H3,(H,32,34). The molecule has 0 saturated heterocycles. The number of benzene rings is 2. The summed E-state index contributed by atoms with van der Waals surface area (Å²) in [5.41, 5.74) is -0.198. The molecule has 0 aromatic heterocycles. The Balaban J connectivity index is 1.93. The van der Waals surface area contributed by atoms with Gasteiger partial charge in [-0.05, 0) is 36.2 Å². The molecule has 2 aromatic carbocycles. The molecular weight excluding hydrogens is 523 g/mol. The first kappa shape index (κ1) is 26.9. The monoisotopic (exact) mass is 541 g/mol. The summed E-state index contributed by atoms with van der Waals surface area (Å²) in [6, 6.07) is 5.71. The van der Waals surface area contributed by atoms with E-state index in [2.05, 4.69) is 16.0 Å². The Morgan fingerprint density at radius 3 is 2.40 bits per heavy atom. The Bertz CT molecular complexity index is 1150. The number of nitrogens with zero attached hydrogens (tertiary/aromatic N) is 1. The van der Waals surface area contributed by atoms with Crippen LogP contribution in [0, 0.1) is 5.92 Å². The topological polar surface area (TPSA) is 62.7 Å². The van der Waals surface area contributed by atoms with Crippen molar-refractivity contribution in [3.8, 4) is 0 Å². The Morgan fingerprint density at radius 2 is 1.80 bits per heavy atom. The van der Waals surface area contributed by atoms with Crippen molar-refractivity contribution in [2.45, 2.75) is 44.6 Å². The first-order valence-electron chi connectivity index (χ1n) is 10.2. The third-order valence-corrected chi connectivity index (χ3v) is 5.66. The Labute approximate surface area is 206 Å².